The van der Waals surface area contributed by atoms with Gasteiger partial charge in [0.05, 0.1) is 0 Å². The highest BCUT2D eigenvalue weighted by Crippen LogP contribution is 2.21. The molecule has 1 aromatic carbocycles. The number of hydrogen-bond donors (Lipinski definition) is 1. The summed E-state index contributed by atoms with van der Waals surface area (Å²) in [6, 6.07) is 10.4. The van der Waals surface area contributed by atoms with Crippen LogP contribution in [0, 0.1) is 0 Å². The summed E-state index contributed by atoms with van der Waals surface area (Å²) < 4.78 is 13.2. The molecule has 0 bridgehead atoms. The third-order valence-corrected chi connectivity index (χ3v) is 2.98. The second-order valence-electron chi connectivity index (χ2n) is 4.14. The largest absolute Gasteiger partial charge is 0.329 e. The van der Waals surface area contributed by atoms with Crippen molar-refractivity contribution in [3.63, 3.8) is 0 Å². The van der Waals surface area contributed by atoms with Crippen molar-refractivity contribution in [2.45, 2.75) is 25.2 Å². The van der Waals surface area contributed by atoms with Gasteiger partial charge >= 0.3 is 0 Å². The first-order valence-corrected chi connectivity index (χ1v) is 5.41. The van der Waals surface area contributed by atoms with E-state index < -0.39 is 6.17 Å². The molecule has 0 saturated carbocycles. The Morgan fingerprint density at radius 3 is 2.73 bits per heavy atom. The summed E-state index contributed by atoms with van der Waals surface area (Å²) in [7, 11) is 0. The van der Waals surface area contributed by atoms with Gasteiger partial charge in [0.2, 0.25) is 0 Å². The zero-order valence-corrected chi connectivity index (χ0v) is 8.77. The van der Waals surface area contributed by atoms with Crippen LogP contribution in [0.1, 0.15) is 12.0 Å². The molecule has 1 aromatic rings. The molecular weight excluding hydrogens is 191 g/mol. The fourth-order valence-electron chi connectivity index (χ4n) is 2.18. The maximum Gasteiger partial charge on any atom is 0.114 e. The molecule has 15 heavy (non-hydrogen) atoms. The van der Waals surface area contributed by atoms with Gasteiger partial charge in [-0.3, -0.25) is 4.90 Å². The quantitative estimate of drug-likeness (QED) is 0.816. The maximum atomic E-state index is 13.2. The molecule has 2 rings (SSSR count). The summed E-state index contributed by atoms with van der Waals surface area (Å²) >= 11 is 0. The molecule has 1 fully saturated rings. The van der Waals surface area contributed by atoms with Crippen molar-refractivity contribution < 1.29 is 4.39 Å². The van der Waals surface area contributed by atoms with E-state index in [9.17, 15) is 4.39 Å². The fraction of sp³-hybridized carbons (Fsp3) is 0.500. The Bertz CT molecular complexity index is 302. The smallest absolute Gasteiger partial charge is 0.114 e. The van der Waals surface area contributed by atoms with Crippen LogP contribution < -0.4 is 5.73 Å². The van der Waals surface area contributed by atoms with Gasteiger partial charge in [0, 0.05) is 25.7 Å². The van der Waals surface area contributed by atoms with E-state index in [0.717, 1.165) is 6.54 Å². The average molecular weight is 208 g/mol. The van der Waals surface area contributed by atoms with Crippen LogP contribution >= 0.6 is 0 Å². The Kier molecular flexibility index (Phi) is 3.34. The molecule has 0 aromatic heterocycles. The first kappa shape index (κ1) is 10.6. The van der Waals surface area contributed by atoms with E-state index in [0.29, 0.717) is 19.5 Å². The van der Waals surface area contributed by atoms with Crippen molar-refractivity contribution in [3.05, 3.63) is 35.9 Å². The molecule has 3 heteroatoms. The monoisotopic (exact) mass is 208 g/mol. The highest BCUT2D eigenvalue weighted by molar-refractivity contribution is 5.15. The molecule has 0 aliphatic carbocycles. The van der Waals surface area contributed by atoms with E-state index in [-0.39, 0.29) is 6.04 Å². The van der Waals surface area contributed by atoms with E-state index >= 15 is 0 Å². The molecule has 2 N–H and O–H groups in total. The second kappa shape index (κ2) is 4.73. The van der Waals surface area contributed by atoms with Gasteiger partial charge in [0.15, 0.2) is 0 Å². The zero-order chi connectivity index (χ0) is 10.7. The molecule has 2 atom stereocenters. The van der Waals surface area contributed by atoms with Crippen molar-refractivity contribution >= 4 is 0 Å². The van der Waals surface area contributed by atoms with E-state index in [2.05, 4.69) is 17.0 Å². The minimum Gasteiger partial charge on any atom is -0.329 e. The summed E-state index contributed by atoms with van der Waals surface area (Å²) in [6.07, 6.45) is -0.120. The molecule has 0 amide bonds. The average Bonchev–Trinajstić information content (AvgIpc) is 2.60. The number of likely N-dealkylation sites (tertiary alicyclic amines) is 1. The number of rotatable bonds is 3. The third kappa shape index (κ3) is 2.55. The Labute approximate surface area is 89.9 Å². The highest BCUT2D eigenvalue weighted by atomic mass is 19.1. The lowest BCUT2D eigenvalue weighted by Gasteiger charge is -2.22. The summed E-state index contributed by atoms with van der Waals surface area (Å²) in [6.45, 7) is 1.88. The van der Waals surface area contributed by atoms with E-state index in [1.54, 1.807) is 0 Å². The van der Waals surface area contributed by atoms with Crippen LogP contribution in [0.25, 0.3) is 0 Å². The predicted octanol–water partition coefficient (Wildman–Crippen LogP) is 1.56. The Hall–Kier alpha value is -0.930. The zero-order valence-electron chi connectivity index (χ0n) is 8.77. The summed E-state index contributed by atoms with van der Waals surface area (Å²) in [4.78, 5) is 2.14. The molecular formula is C12H17FN2. The van der Waals surface area contributed by atoms with Crippen LogP contribution in [-0.2, 0) is 6.54 Å². The van der Waals surface area contributed by atoms with E-state index in [1.807, 2.05) is 18.2 Å². The van der Waals surface area contributed by atoms with Gasteiger partial charge in [-0.05, 0) is 12.0 Å². The molecule has 0 spiro atoms. The summed E-state index contributed by atoms with van der Waals surface area (Å²) in [5, 5.41) is 0. The minimum absolute atomic E-state index is 0.209. The van der Waals surface area contributed by atoms with Crippen LogP contribution in [0.5, 0.6) is 0 Å². The van der Waals surface area contributed by atoms with E-state index in [1.165, 1.54) is 5.56 Å². The lowest BCUT2D eigenvalue weighted by atomic mass is 10.2. The number of halogens is 1. The van der Waals surface area contributed by atoms with E-state index in [4.69, 9.17) is 5.73 Å². The van der Waals surface area contributed by atoms with Crippen molar-refractivity contribution in [2.24, 2.45) is 5.73 Å². The van der Waals surface area contributed by atoms with Crippen LogP contribution in [0.3, 0.4) is 0 Å². The van der Waals surface area contributed by atoms with Gasteiger partial charge in [-0.2, -0.15) is 0 Å². The third-order valence-electron chi connectivity index (χ3n) is 2.98. The molecule has 1 aliphatic heterocycles. The van der Waals surface area contributed by atoms with Crippen LogP contribution in [-0.4, -0.2) is 30.2 Å². The molecule has 82 valence electrons. The van der Waals surface area contributed by atoms with Crippen LogP contribution in [0.4, 0.5) is 4.39 Å². The van der Waals surface area contributed by atoms with Crippen molar-refractivity contribution in [1.82, 2.24) is 4.90 Å². The van der Waals surface area contributed by atoms with Gasteiger partial charge in [0.25, 0.3) is 0 Å². The van der Waals surface area contributed by atoms with Crippen LogP contribution in [0.15, 0.2) is 30.3 Å². The predicted molar refractivity (Wildman–Crippen MR) is 59.2 cm³/mol. The van der Waals surface area contributed by atoms with Gasteiger partial charge in [0.1, 0.15) is 6.17 Å². The Balaban J connectivity index is 2.00. The summed E-state index contributed by atoms with van der Waals surface area (Å²) in [5.74, 6) is 0. The number of hydrogen-bond acceptors (Lipinski definition) is 2. The van der Waals surface area contributed by atoms with Crippen molar-refractivity contribution in [1.29, 1.82) is 0 Å². The van der Waals surface area contributed by atoms with Crippen molar-refractivity contribution in [3.8, 4) is 0 Å². The Morgan fingerprint density at radius 1 is 1.33 bits per heavy atom. The second-order valence-corrected chi connectivity index (χ2v) is 4.14. The lowest BCUT2D eigenvalue weighted by Crippen LogP contribution is -2.34. The molecule has 1 saturated heterocycles. The number of nitrogens with two attached hydrogens (primary N) is 1. The molecule has 2 nitrogen and oxygen atoms in total. The van der Waals surface area contributed by atoms with Crippen LogP contribution in [0.2, 0.25) is 0 Å². The minimum atomic E-state index is -0.706. The molecule has 1 aliphatic rings. The number of nitrogens with zero attached hydrogens (tertiary/aromatic N) is 1. The molecule has 1 heterocycles. The van der Waals surface area contributed by atoms with Gasteiger partial charge in [-0.15, -0.1) is 0 Å². The first-order valence-electron chi connectivity index (χ1n) is 5.41. The fourth-order valence-corrected chi connectivity index (χ4v) is 2.18. The standard InChI is InChI=1S/C12H17FN2/c13-11-6-12(7-14)15(9-11)8-10-4-2-1-3-5-10/h1-5,11-12H,6-9,14H2. The lowest BCUT2D eigenvalue weighted by molar-refractivity contribution is 0.238. The summed E-state index contributed by atoms with van der Waals surface area (Å²) in [5.41, 5.74) is 6.86. The van der Waals surface area contributed by atoms with Gasteiger partial charge < -0.3 is 5.73 Å². The normalized spacial score (nSPS) is 27.1. The SMILES string of the molecule is NCC1CC(F)CN1Cc1ccccc1. The highest BCUT2D eigenvalue weighted by Gasteiger charge is 2.30. The first-order chi connectivity index (χ1) is 7.29. The molecule has 0 radical (unpaired) electrons. The van der Waals surface area contributed by atoms with Crippen molar-refractivity contribution in [2.75, 3.05) is 13.1 Å². The number of alkyl halides is 1. The maximum absolute atomic E-state index is 13.2. The molecule has 2 unspecified atom stereocenters. The van der Waals surface area contributed by atoms with Gasteiger partial charge in [-0.1, -0.05) is 30.3 Å². The topological polar surface area (TPSA) is 29.3 Å². The Morgan fingerprint density at radius 2 is 2.07 bits per heavy atom. The van der Waals surface area contributed by atoms with Gasteiger partial charge in [-0.25, -0.2) is 4.39 Å². The number of benzene rings is 1.